The van der Waals surface area contributed by atoms with Gasteiger partial charge in [-0.3, -0.25) is 4.79 Å². The lowest BCUT2D eigenvalue weighted by molar-refractivity contribution is -0.119. The molecule has 0 saturated carbocycles. The number of nitrogens with zero attached hydrogens (tertiary/aromatic N) is 2. The molecule has 2 aromatic carbocycles. The van der Waals surface area contributed by atoms with Crippen LogP contribution in [-0.4, -0.2) is 38.1 Å². The Morgan fingerprint density at radius 2 is 1.81 bits per heavy atom. The number of hydrogen-bond donors (Lipinski definition) is 1. The number of fused-ring (bicyclic) bond motifs is 1. The minimum absolute atomic E-state index is 0.100. The first-order valence-electron chi connectivity index (χ1n) is 10.1. The topological polar surface area (TPSA) is 35.6 Å². The quantitative estimate of drug-likeness (QED) is 0.809. The highest BCUT2D eigenvalue weighted by Gasteiger charge is 2.17. The van der Waals surface area contributed by atoms with Crippen LogP contribution in [0.5, 0.6) is 0 Å². The highest BCUT2D eigenvalue weighted by molar-refractivity contribution is 5.81. The van der Waals surface area contributed by atoms with Gasteiger partial charge in [-0.05, 0) is 56.9 Å². The Kier molecular flexibility index (Phi) is 6.74. The van der Waals surface area contributed by atoms with Crippen LogP contribution >= 0.6 is 0 Å². The van der Waals surface area contributed by atoms with E-state index in [1.807, 2.05) is 6.07 Å². The summed E-state index contributed by atoms with van der Waals surface area (Å²) in [7, 11) is 0. The fraction of sp³-hybridized carbons (Fsp3) is 0.435. The third-order valence-electron chi connectivity index (χ3n) is 5.18. The SMILES string of the molecule is CC(C)N(CCNC(=O)CN1CCCCc2ccccc21)c1ccccc1. The molecule has 1 heterocycles. The molecule has 1 aliphatic heterocycles. The molecule has 1 aliphatic rings. The van der Waals surface area contributed by atoms with E-state index >= 15 is 0 Å². The van der Waals surface area contributed by atoms with Crippen LogP contribution < -0.4 is 15.1 Å². The van der Waals surface area contributed by atoms with Crippen LogP contribution in [0.25, 0.3) is 0 Å². The van der Waals surface area contributed by atoms with Crippen LogP contribution in [0, 0.1) is 0 Å². The first kappa shape index (κ1) is 19.3. The minimum Gasteiger partial charge on any atom is -0.367 e. The van der Waals surface area contributed by atoms with Crippen LogP contribution in [-0.2, 0) is 11.2 Å². The zero-order valence-electron chi connectivity index (χ0n) is 16.5. The van der Waals surface area contributed by atoms with E-state index in [2.05, 4.69) is 77.5 Å². The average Bonchev–Trinajstić information content (AvgIpc) is 2.88. The van der Waals surface area contributed by atoms with Crippen molar-refractivity contribution in [2.75, 3.05) is 36.0 Å². The van der Waals surface area contributed by atoms with Crippen molar-refractivity contribution in [1.29, 1.82) is 0 Å². The largest absolute Gasteiger partial charge is 0.367 e. The molecule has 2 aromatic rings. The van der Waals surface area contributed by atoms with Gasteiger partial charge in [0.1, 0.15) is 0 Å². The number of amides is 1. The number of aryl methyl sites for hydroxylation is 1. The smallest absolute Gasteiger partial charge is 0.239 e. The maximum Gasteiger partial charge on any atom is 0.239 e. The van der Waals surface area contributed by atoms with Crippen molar-refractivity contribution < 1.29 is 4.79 Å². The third-order valence-corrected chi connectivity index (χ3v) is 5.18. The molecule has 0 atom stereocenters. The molecule has 144 valence electrons. The number of nitrogens with one attached hydrogen (secondary N) is 1. The Labute approximate surface area is 163 Å². The molecular weight excluding hydrogens is 334 g/mol. The summed E-state index contributed by atoms with van der Waals surface area (Å²) in [4.78, 5) is 17.1. The van der Waals surface area contributed by atoms with E-state index in [0.717, 1.165) is 25.9 Å². The lowest BCUT2D eigenvalue weighted by Crippen LogP contribution is -2.42. The summed E-state index contributed by atoms with van der Waals surface area (Å²) in [5.74, 6) is 0.100. The molecule has 0 unspecified atom stereocenters. The van der Waals surface area contributed by atoms with Gasteiger partial charge in [0.2, 0.25) is 5.91 Å². The molecule has 0 aliphatic carbocycles. The Morgan fingerprint density at radius 1 is 1.07 bits per heavy atom. The Balaban J connectivity index is 1.54. The zero-order valence-corrected chi connectivity index (χ0v) is 16.5. The first-order valence-corrected chi connectivity index (χ1v) is 10.1. The van der Waals surface area contributed by atoms with Crippen LogP contribution in [0.15, 0.2) is 54.6 Å². The van der Waals surface area contributed by atoms with Gasteiger partial charge in [0.05, 0.1) is 6.54 Å². The van der Waals surface area contributed by atoms with E-state index in [0.29, 0.717) is 19.1 Å². The van der Waals surface area contributed by atoms with Gasteiger partial charge in [-0.15, -0.1) is 0 Å². The second-order valence-corrected chi connectivity index (χ2v) is 7.48. The molecule has 1 amide bonds. The van der Waals surface area contributed by atoms with Crippen molar-refractivity contribution in [2.45, 2.75) is 39.2 Å². The Hall–Kier alpha value is -2.49. The minimum atomic E-state index is 0.100. The van der Waals surface area contributed by atoms with Gasteiger partial charge < -0.3 is 15.1 Å². The summed E-state index contributed by atoms with van der Waals surface area (Å²) in [5.41, 5.74) is 3.78. The molecule has 0 fully saturated rings. The maximum atomic E-state index is 12.5. The van der Waals surface area contributed by atoms with Crippen LogP contribution in [0.4, 0.5) is 11.4 Å². The lowest BCUT2D eigenvalue weighted by atomic mass is 10.1. The Bertz CT molecular complexity index is 729. The molecule has 0 bridgehead atoms. The first-order chi connectivity index (χ1) is 13.1. The second kappa shape index (κ2) is 9.45. The van der Waals surface area contributed by atoms with Gasteiger partial charge in [0.25, 0.3) is 0 Å². The van der Waals surface area contributed by atoms with Crippen molar-refractivity contribution in [2.24, 2.45) is 0 Å². The number of carbonyl (C=O) groups is 1. The highest BCUT2D eigenvalue weighted by atomic mass is 16.2. The van der Waals surface area contributed by atoms with Gasteiger partial charge in [0.15, 0.2) is 0 Å². The summed E-state index contributed by atoms with van der Waals surface area (Å²) in [5, 5.41) is 3.11. The highest BCUT2D eigenvalue weighted by Crippen LogP contribution is 2.25. The molecule has 0 radical (unpaired) electrons. The number of para-hydroxylation sites is 2. The molecule has 4 nitrogen and oxygen atoms in total. The summed E-state index contributed by atoms with van der Waals surface area (Å²) in [6.07, 6.45) is 3.43. The van der Waals surface area contributed by atoms with Gasteiger partial charge in [-0.1, -0.05) is 36.4 Å². The van der Waals surface area contributed by atoms with Gasteiger partial charge in [-0.25, -0.2) is 0 Å². The van der Waals surface area contributed by atoms with Crippen molar-refractivity contribution in [1.82, 2.24) is 5.32 Å². The molecule has 27 heavy (non-hydrogen) atoms. The van der Waals surface area contributed by atoms with Crippen LogP contribution in [0.2, 0.25) is 0 Å². The second-order valence-electron chi connectivity index (χ2n) is 7.48. The van der Waals surface area contributed by atoms with Gasteiger partial charge in [-0.2, -0.15) is 0 Å². The fourth-order valence-electron chi connectivity index (χ4n) is 3.78. The fourth-order valence-corrected chi connectivity index (χ4v) is 3.78. The van der Waals surface area contributed by atoms with Crippen molar-refractivity contribution in [3.8, 4) is 0 Å². The molecule has 3 rings (SSSR count). The molecule has 0 spiro atoms. The summed E-state index contributed by atoms with van der Waals surface area (Å²) < 4.78 is 0. The number of anilines is 2. The standard InChI is InChI=1S/C23H31N3O/c1-19(2)26(21-12-4-3-5-13-21)17-15-24-23(27)18-25-16-9-8-11-20-10-6-7-14-22(20)25/h3-7,10,12-14,19H,8-9,11,15-18H2,1-2H3,(H,24,27). The van der Waals surface area contributed by atoms with E-state index in [9.17, 15) is 4.79 Å². The predicted octanol–water partition coefficient (Wildman–Crippen LogP) is 3.86. The summed E-state index contributed by atoms with van der Waals surface area (Å²) in [6.45, 7) is 7.22. The monoisotopic (exact) mass is 365 g/mol. The number of benzene rings is 2. The number of carbonyl (C=O) groups excluding carboxylic acids is 1. The number of hydrogen-bond acceptors (Lipinski definition) is 3. The average molecular weight is 366 g/mol. The van der Waals surface area contributed by atoms with Gasteiger partial charge >= 0.3 is 0 Å². The normalized spacial score (nSPS) is 13.8. The molecule has 1 N–H and O–H groups in total. The molecule has 0 aromatic heterocycles. The number of rotatable bonds is 7. The van der Waals surface area contributed by atoms with E-state index in [4.69, 9.17) is 0 Å². The van der Waals surface area contributed by atoms with Crippen molar-refractivity contribution in [3.63, 3.8) is 0 Å². The zero-order chi connectivity index (χ0) is 19.1. The van der Waals surface area contributed by atoms with E-state index in [1.54, 1.807) is 0 Å². The predicted molar refractivity (Wildman–Crippen MR) is 114 cm³/mol. The molecule has 4 heteroatoms. The van der Waals surface area contributed by atoms with Crippen molar-refractivity contribution in [3.05, 3.63) is 60.2 Å². The van der Waals surface area contributed by atoms with Crippen LogP contribution in [0.3, 0.4) is 0 Å². The molecule has 0 saturated heterocycles. The summed E-state index contributed by atoms with van der Waals surface area (Å²) in [6, 6.07) is 19.3. The van der Waals surface area contributed by atoms with E-state index in [-0.39, 0.29) is 5.91 Å². The van der Waals surface area contributed by atoms with Crippen LogP contribution in [0.1, 0.15) is 32.3 Å². The van der Waals surface area contributed by atoms with Crippen molar-refractivity contribution >= 4 is 17.3 Å². The summed E-state index contributed by atoms with van der Waals surface area (Å²) >= 11 is 0. The third kappa shape index (κ3) is 5.25. The molecular formula is C23H31N3O. The van der Waals surface area contributed by atoms with Gasteiger partial charge in [0, 0.05) is 37.1 Å². The van der Waals surface area contributed by atoms with E-state index in [1.165, 1.54) is 23.4 Å². The van der Waals surface area contributed by atoms with E-state index < -0.39 is 0 Å². The maximum absolute atomic E-state index is 12.5. The lowest BCUT2D eigenvalue weighted by Gasteiger charge is -2.29. The Morgan fingerprint density at radius 3 is 2.59 bits per heavy atom.